The van der Waals surface area contributed by atoms with Crippen molar-refractivity contribution in [3.05, 3.63) is 40.0 Å². The second kappa shape index (κ2) is 9.25. The van der Waals surface area contributed by atoms with Crippen LogP contribution >= 0.6 is 27.5 Å². The zero-order valence-corrected chi connectivity index (χ0v) is 19.1. The van der Waals surface area contributed by atoms with Gasteiger partial charge in [0.15, 0.2) is 0 Å². The highest BCUT2D eigenvalue weighted by molar-refractivity contribution is 9.10. The van der Waals surface area contributed by atoms with Crippen molar-refractivity contribution >= 4 is 44.4 Å². The highest BCUT2D eigenvalue weighted by atomic mass is 79.9. The van der Waals surface area contributed by atoms with Gasteiger partial charge in [-0.3, -0.25) is 0 Å². The van der Waals surface area contributed by atoms with Crippen LogP contribution in [0.25, 0.3) is 22.4 Å². The molecule has 0 fully saturated rings. The number of halogens is 2. The summed E-state index contributed by atoms with van der Waals surface area (Å²) in [5.74, 6) is 1.82. The van der Waals surface area contributed by atoms with E-state index >= 15 is 0 Å². The molecular formula is C21H26BrClN4O. The minimum absolute atomic E-state index is 0.186. The van der Waals surface area contributed by atoms with E-state index in [2.05, 4.69) is 50.3 Å². The Labute approximate surface area is 179 Å². The molecule has 0 N–H and O–H groups in total. The number of ether oxygens (including phenoxy) is 1. The maximum Gasteiger partial charge on any atom is 0.142 e. The van der Waals surface area contributed by atoms with Crippen LogP contribution in [0.15, 0.2) is 34.9 Å². The smallest absolute Gasteiger partial charge is 0.142 e. The molecule has 0 aliphatic rings. The Morgan fingerprint density at radius 3 is 2.54 bits per heavy atom. The van der Waals surface area contributed by atoms with Gasteiger partial charge in [-0.25, -0.2) is 9.97 Å². The third kappa shape index (κ3) is 4.34. The molecule has 150 valence electrons. The van der Waals surface area contributed by atoms with Gasteiger partial charge in [-0.2, -0.15) is 0 Å². The lowest BCUT2D eigenvalue weighted by Crippen LogP contribution is -2.22. The van der Waals surface area contributed by atoms with E-state index in [1.165, 1.54) is 0 Å². The highest BCUT2D eigenvalue weighted by Gasteiger charge is 2.17. The van der Waals surface area contributed by atoms with E-state index < -0.39 is 0 Å². The molecule has 0 bridgehead atoms. The molecule has 0 aliphatic heterocycles. The Balaban J connectivity index is 2.04. The van der Waals surface area contributed by atoms with Crippen molar-refractivity contribution in [2.45, 2.75) is 40.3 Å². The van der Waals surface area contributed by atoms with Gasteiger partial charge in [0.1, 0.15) is 17.2 Å². The van der Waals surface area contributed by atoms with Crippen LogP contribution in [0.4, 0.5) is 5.82 Å². The van der Waals surface area contributed by atoms with Crippen molar-refractivity contribution in [3.8, 4) is 11.4 Å². The summed E-state index contributed by atoms with van der Waals surface area (Å²) in [6.45, 7) is 11.5. The number of aromatic nitrogens is 3. The Morgan fingerprint density at radius 1 is 1.18 bits per heavy atom. The standard InChI is InChI=1S/C21H26BrClN4O/c1-5-26(6-2)18-10-7-15(13-24-18)21-25-20-17(9-8-16(22)19(20)23)27(21)11-12-28-14(3)4/h7-10,13-14H,5-6,11-12H2,1-4H3. The van der Waals surface area contributed by atoms with Gasteiger partial charge < -0.3 is 14.2 Å². The summed E-state index contributed by atoms with van der Waals surface area (Å²) >= 11 is 10.0. The lowest BCUT2D eigenvalue weighted by Gasteiger charge is -2.19. The first-order chi connectivity index (χ1) is 13.5. The van der Waals surface area contributed by atoms with Gasteiger partial charge >= 0.3 is 0 Å². The monoisotopic (exact) mass is 464 g/mol. The van der Waals surface area contributed by atoms with E-state index in [-0.39, 0.29) is 6.10 Å². The number of nitrogens with zero attached hydrogens (tertiary/aromatic N) is 4. The summed E-state index contributed by atoms with van der Waals surface area (Å²) in [6.07, 6.45) is 2.07. The van der Waals surface area contributed by atoms with Crippen LogP contribution in [0, 0.1) is 0 Å². The van der Waals surface area contributed by atoms with Gasteiger partial charge in [-0.15, -0.1) is 0 Å². The quantitative estimate of drug-likeness (QED) is 0.422. The Morgan fingerprint density at radius 2 is 1.93 bits per heavy atom. The van der Waals surface area contributed by atoms with Gasteiger partial charge in [0, 0.05) is 35.9 Å². The second-order valence-electron chi connectivity index (χ2n) is 6.81. The van der Waals surface area contributed by atoms with Crippen molar-refractivity contribution in [2.24, 2.45) is 0 Å². The maximum atomic E-state index is 6.51. The van der Waals surface area contributed by atoms with Crippen molar-refractivity contribution in [1.29, 1.82) is 0 Å². The molecule has 5 nitrogen and oxygen atoms in total. The van der Waals surface area contributed by atoms with Crippen LogP contribution in [0.3, 0.4) is 0 Å². The van der Waals surface area contributed by atoms with E-state index in [0.717, 1.165) is 45.8 Å². The second-order valence-corrected chi connectivity index (χ2v) is 8.05. The first kappa shape index (κ1) is 21.1. The molecule has 1 aromatic carbocycles. The number of benzene rings is 1. The molecule has 3 aromatic rings. The van der Waals surface area contributed by atoms with Gasteiger partial charge in [-0.1, -0.05) is 11.6 Å². The summed E-state index contributed by atoms with van der Waals surface area (Å²) in [5.41, 5.74) is 2.73. The largest absolute Gasteiger partial charge is 0.377 e. The van der Waals surface area contributed by atoms with E-state index in [4.69, 9.17) is 21.3 Å². The van der Waals surface area contributed by atoms with E-state index in [0.29, 0.717) is 18.2 Å². The summed E-state index contributed by atoms with van der Waals surface area (Å²) in [5, 5.41) is 0.620. The minimum Gasteiger partial charge on any atom is -0.377 e. The zero-order chi connectivity index (χ0) is 20.3. The number of anilines is 1. The topological polar surface area (TPSA) is 43.2 Å². The molecule has 7 heteroatoms. The highest BCUT2D eigenvalue weighted by Crippen LogP contribution is 2.34. The molecule has 2 heterocycles. The fourth-order valence-corrected chi connectivity index (χ4v) is 3.74. The lowest BCUT2D eigenvalue weighted by molar-refractivity contribution is 0.0735. The van der Waals surface area contributed by atoms with Crippen molar-refractivity contribution in [1.82, 2.24) is 14.5 Å². The number of fused-ring (bicyclic) bond motifs is 1. The fourth-order valence-electron chi connectivity index (χ4n) is 3.21. The lowest BCUT2D eigenvalue weighted by atomic mass is 10.2. The molecular weight excluding hydrogens is 440 g/mol. The SMILES string of the molecule is CCN(CC)c1ccc(-c2nc3c(Cl)c(Br)ccc3n2CCOC(C)C)cn1. The summed E-state index contributed by atoms with van der Waals surface area (Å²) < 4.78 is 8.77. The number of imidazole rings is 1. The zero-order valence-electron chi connectivity index (χ0n) is 16.7. The molecule has 0 radical (unpaired) electrons. The van der Waals surface area contributed by atoms with Gasteiger partial charge in [0.2, 0.25) is 0 Å². The van der Waals surface area contributed by atoms with Crippen LogP contribution in [0.1, 0.15) is 27.7 Å². The predicted molar refractivity (Wildman–Crippen MR) is 120 cm³/mol. The average Bonchev–Trinajstić information content (AvgIpc) is 3.05. The number of pyridine rings is 1. The van der Waals surface area contributed by atoms with E-state index in [9.17, 15) is 0 Å². The summed E-state index contributed by atoms with van der Waals surface area (Å²) in [7, 11) is 0. The van der Waals surface area contributed by atoms with Crippen molar-refractivity contribution < 1.29 is 4.74 Å². The predicted octanol–water partition coefficient (Wildman–Crippen LogP) is 5.79. The molecule has 0 atom stereocenters. The van der Waals surface area contributed by atoms with E-state index in [1.54, 1.807) is 0 Å². The van der Waals surface area contributed by atoms with Crippen molar-refractivity contribution in [2.75, 3.05) is 24.6 Å². The first-order valence-electron chi connectivity index (χ1n) is 9.63. The van der Waals surface area contributed by atoms with Crippen LogP contribution in [-0.4, -0.2) is 40.3 Å². The number of rotatable bonds is 8. The Bertz CT molecular complexity index is 936. The van der Waals surface area contributed by atoms with E-state index in [1.807, 2.05) is 38.2 Å². The molecule has 2 aromatic heterocycles. The van der Waals surface area contributed by atoms with Crippen LogP contribution < -0.4 is 4.90 Å². The normalized spacial score (nSPS) is 11.5. The first-order valence-corrected chi connectivity index (χ1v) is 10.8. The molecule has 0 saturated heterocycles. The Kier molecular flexibility index (Phi) is 6.96. The van der Waals surface area contributed by atoms with Crippen LogP contribution in [0.2, 0.25) is 5.02 Å². The van der Waals surface area contributed by atoms with Gasteiger partial charge in [-0.05, 0) is 67.9 Å². The van der Waals surface area contributed by atoms with Crippen molar-refractivity contribution in [3.63, 3.8) is 0 Å². The molecule has 0 aliphatic carbocycles. The molecule has 28 heavy (non-hydrogen) atoms. The number of hydrogen-bond acceptors (Lipinski definition) is 4. The molecule has 3 rings (SSSR count). The Hall–Kier alpha value is -1.63. The van der Waals surface area contributed by atoms with Gasteiger partial charge in [0.05, 0.1) is 23.3 Å². The van der Waals surface area contributed by atoms with Crippen LogP contribution in [-0.2, 0) is 11.3 Å². The third-order valence-electron chi connectivity index (χ3n) is 4.67. The average molecular weight is 466 g/mol. The molecule has 0 saturated carbocycles. The summed E-state index contributed by atoms with van der Waals surface area (Å²) in [4.78, 5) is 11.7. The molecule has 0 unspecified atom stereocenters. The molecule has 0 spiro atoms. The maximum absolute atomic E-state index is 6.51. The summed E-state index contributed by atoms with van der Waals surface area (Å²) in [6, 6.07) is 8.12. The molecule has 0 amide bonds. The minimum atomic E-state index is 0.186. The fraction of sp³-hybridized carbons (Fsp3) is 0.429. The number of hydrogen-bond donors (Lipinski definition) is 0. The van der Waals surface area contributed by atoms with Gasteiger partial charge in [0.25, 0.3) is 0 Å². The third-order valence-corrected chi connectivity index (χ3v) is 5.94. The van der Waals surface area contributed by atoms with Crippen LogP contribution in [0.5, 0.6) is 0 Å².